The minimum Gasteiger partial charge on any atom is -1.00 e. The van der Waals surface area contributed by atoms with Gasteiger partial charge in [0.25, 0.3) is 0 Å². The fraction of sp³-hybridized carbons (Fsp3) is 0.0588. The van der Waals surface area contributed by atoms with Gasteiger partial charge in [-0.15, -0.1) is 0 Å². The van der Waals surface area contributed by atoms with E-state index < -0.39 is 0 Å². The van der Waals surface area contributed by atoms with Crippen molar-refractivity contribution in [3.63, 3.8) is 0 Å². The number of benzene rings is 12. The van der Waals surface area contributed by atoms with Crippen LogP contribution in [-0.2, 0) is 51.9 Å². The minimum absolute atomic E-state index is 0. The fourth-order valence-electron chi connectivity index (χ4n) is 12.2. The largest absolute Gasteiger partial charge is 2.00 e. The second-order valence-corrected chi connectivity index (χ2v) is 18.9. The van der Waals surface area contributed by atoms with Gasteiger partial charge in [-0.25, -0.2) is 0 Å². The Morgan fingerprint density at radius 3 is 0.930 bits per heavy atom. The minimum atomic E-state index is 0. The monoisotopic (exact) mass is 1020 g/mol. The first-order valence-electron chi connectivity index (χ1n) is 24.2. The standard InChI is InChI=1S/C68H46.2ClH.Zr/c1-5-21-51-43(13-1)17-9-25-55(51)47-29-31-57-49(39-47)41-67-61(57)33-35-63(59-27-11-19-45-15-3-7-23-53(45)59)65(67)37-38-66-64(60-28-12-20-46-16-4-8-24-54(46)60)36-34-62-58-32-30-48(40-50(58)42-68(62)66)56-26-10-18-44-14-2-6-22-52(44)56;;;/h1-36,39-40H,37-38,41-42H2;2*1H;/q;;;+2/p-2. The molecule has 0 saturated carbocycles. The van der Waals surface area contributed by atoms with E-state index in [1.807, 2.05) is 0 Å². The fourth-order valence-corrected chi connectivity index (χ4v) is 12.2. The van der Waals surface area contributed by atoms with Gasteiger partial charge in [-0.05, 0) is 169 Å². The van der Waals surface area contributed by atoms with Gasteiger partial charge in [0.2, 0.25) is 0 Å². The van der Waals surface area contributed by atoms with Crippen LogP contribution in [0.1, 0.15) is 33.4 Å². The zero-order valence-electron chi connectivity index (χ0n) is 39.0. The van der Waals surface area contributed by atoms with Gasteiger partial charge in [0.1, 0.15) is 0 Å². The van der Waals surface area contributed by atoms with Gasteiger partial charge in [0.15, 0.2) is 0 Å². The molecular weight excluding hydrogens is 979 g/mol. The third kappa shape index (κ3) is 7.78. The Morgan fingerprint density at radius 1 is 0.254 bits per heavy atom. The molecule has 336 valence electrons. The average Bonchev–Trinajstić information content (AvgIpc) is 3.97. The van der Waals surface area contributed by atoms with E-state index in [2.05, 4.69) is 231 Å². The van der Waals surface area contributed by atoms with Crippen LogP contribution in [0.5, 0.6) is 0 Å². The van der Waals surface area contributed by atoms with Crippen molar-refractivity contribution in [1.29, 1.82) is 0 Å². The molecule has 3 heteroatoms. The molecule has 0 heterocycles. The van der Waals surface area contributed by atoms with E-state index in [1.165, 1.54) is 143 Å². The molecule has 0 aromatic heterocycles. The third-order valence-electron chi connectivity index (χ3n) is 15.4. The Balaban J connectivity index is 0.00000182. The molecular formula is C68H46Cl2Zr. The SMILES string of the molecule is [Cl-].[Cl-].[Zr+2].c1ccc2c(-c3ccc4c(c3)Cc3c-4ccc(-c4cccc5ccccc45)c3CCc3c(-c4cccc5ccccc45)ccc4c3Cc3cc(-c5cccc6ccccc56)ccc3-4)cccc2c1. The van der Waals surface area contributed by atoms with Crippen molar-refractivity contribution in [3.8, 4) is 66.8 Å². The van der Waals surface area contributed by atoms with Gasteiger partial charge in [-0.2, -0.15) is 0 Å². The first kappa shape index (κ1) is 46.5. The molecule has 0 N–H and O–H groups in total. The van der Waals surface area contributed by atoms with E-state index >= 15 is 0 Å². The maximum absolute atomic E-state index is 2.48. The summed E-state index contributed by atoms with van der Waals surface area (Å²) in [5, 5.41) is 10.3. The zero-order valence-corrected chi connectivity index (χ0v) is 43.0. The summed E-state index contributed by atoms with van der Waals surface area (Å²) in [7, 11) is 0. The summed E-state index contributed by atoms with van der Waals surface area (Å²) in [6.07, 6.45) is 3.70. The molecule has 12 aromatic carbocycles. The first-order valence-corrected chi connectivity index (χ1v) is 24.2. The van der Waals surface area contributed by atoms with Crippen molar-refractivity contribution in [1.82, 2.24) is 0 Å². The van der Waals surface area contributed by atoms with Crippen molar-refractivity contribution >= 4 is 43.1 Å². The molecule has 2 aliphatic carbocycles. The predicted molar refractivity (Wildman–Crippen MR) is 289 cm³/mol. The molecule has 14 rings (SSSR count). The molecule has 0 radical (unpaired) electrons. The van der Waals surface area contributed by atoms with Crippen molar-refractivity contribution in [2.45, 2.75) is 25.7 Å². The summed E-state index contributed by atoms with van der Waals surface area (Å²) < 4.78 is 0. The predicted octanol–water partition coefficient (Wildman–Crippen LogP) is 11.9. The van der Waals surface area contributed by atoms with Crippen molar-refractivity contribution in [3.05, 3.63) is 264 Å². The Hall–Kier alpha value is -6.86. The summed E-state index contributed by atoms with van der Waals surface area (Å²) in [6.45, 7) is 0. The van der Waals surface area contributed by atoms with Crippen molar-refractivity contribution < 1.29 is 51.0 Å². The molecule has 0 aliphatic heterocycles. The molecule has 0 atom stereocenters. The molecule has 0 nitrogen and oxygen atoms in total. The van der Waals surface area contributed by atoms with Crippen molar-refractivity contribution in [2.75, 3.05) is 0 Å². The summed E-state index contributed by atoms with van der Waals surface area (Å²) >= 11 is 0. The third-order valence-corrected chi connectivity index (χ3v) is 15.4. The second kappa shape index (κ2) is 19.0. The van der Waals surface area contributed by atoms with Crippen molar-refractivity contribution in [2.24, 2.45) is 0 Å². The van der Waals surface area contributed by atoms with E-state index in [-0.39, 0.29) is 51.0 Å². The van der Waals surface area contributed by atoms with Gasteiger partial charge in [-0.3, -0.25) is 0 Å². The number of fused-ring (bicyclic) bond motifs is 10. The van der Waals surface area contributed by atoms with Gasteiger partial charge >= 0.3 is 26.2 Å². The molecule has 0 bridgehead atoms. The van der Waals surface area contributed by atoms with E-state index in [1.54, 1.807) is 0 Å². The van der Waals surface area contributed by atoms with Crippen LogP contribution in [0.25, 0.3) is 110 Å². The molecule has 0 spiro atoms. The number of rotatable bonds is 7. The van der Waals surface area contributed by atoms with Gasteiger partial charge in [0.05, 0.1) is 0 Å². The topological polar surface area (TPSA) is 0 Å². The summed E-state index contributed by atoms with van der Waals surface area (Å²) in [4.78, 5) is 0. The second-order valence-electron chi connectivity index (χ2n) is 18.9. The quantitative estimate of drug-likeness (QED) is 0.149. The molecule has 0 saturated heterocycles. The average molecular weight is 1030 g/mol. The molecule has 0 amide bonds. The normalized spacial score (nSPS) is 11.9. The Morgan fingerprint density at radius 2 is 0.549 bits per heavy atom. The first-order chi connectivity index (χ1) is 33.7. The molecule has 0 unspecified atom stereocenters. The van der Waals surface area contributed by atoms with Crippen LogP contribution < -0.4 is 24.8 Å². The Bertz CT molecular complexity index is 3770. The Labute approximate surface area is 447 Å². The summed E-state index contributed by atoms with van der Waals surface area (Å²) in [5.74, 6) is 0. The van der Waals surface area contributed by atoms with E-state index in [0.717, 1.165) is 25.7 Å². The van der Waals surface area contributed by atoms with Crippen LogP contribution in [0.3, 0.4) is 0 Å². The molecule has 2 aliphatic rings. The van der Waals surface area contributed by atoms with E-state index in [9.17, 15) is 0 Å². The molecule has 71 heavy (non-hydrogen) atoms. The van der Waals surface area contributed by atoms with Crippen LogP contribution in [0.2, 0.25) is 0 Å². The van der Waals surface area contributed by atoms with Crippen LogP contribution in [0, 0.1) is 0 Å². The smallest absolute Gasteiger partial charge is 1.00 e. The maximum Gasteiger partial charge on any atom is 2.00 e. The molecule has 12 aromatic rings. The van der Waals surface area contributed by atoms with Gasteiger partial charge in [0, 0.05) is 0 Å². The van der Waals surface area contributed by atoms with Gasteiger partial charge in [-0.1, -0.05) is 231 Å². The van der Waals surface area contributed by atoms with Crippen LogP contribution >= 0.6 is 0 Å². The van der Waals surface area contributed by atoms with Gasteiger partial charge < -0.3 is 24.8 Å². The number of hydrogen-bond donors (Lipinski definition) is 0. The van der Waals surface area contributed by atoms with Crippen LogP contribution in [0.4, 0.5) is 0 Å². The van der Waals surface area contributed by atoms with Crippen LogP contribution in [0.15, 0.2) is 231 Å². The zero-order chi connectivity index (χ0) is 44.7. The summed E-state index contributed by atoms with van der Waals surface area (Å²) in [6, 6.07) is 86.6. The Kier molecular flexibility index (Phi) is 12.5. The molecule has 0 fully saturated rings. The number of halogens is 2. The summed E-state index contributed by atoms with van der Waals surface area (Å²) in [5.41, 5.74) is 24.7. The van der Waals surface area contributed by atoms with Crippen LogP contribution in [-0.4, -0.2) is 0 Å². The van der Waals surface area contributed by atoms with E-state index in [4.69, 9.17) is 0 Å². The maximum atomic E-state index is 2.48. The van der Waals surface area contributed by atoms with E-state index in [0.29, 0.717) is 0 Å². The number of hydrogen-bond acceptors (Lipinski definition) is 0.